The standard InChI is InChI=1S/C26H31F3N2O3S3/c1-31-18(13-24(30-31)26(27,28)29)12-19(35)10-16-4-7-22-20(11-16)25(37(33,34)9-8-15-2-3-15)23(36-22)14-21(32)17-5-6-17/h13,15-17H,2-12,14H2,1H3. The quantitative estimate of drug-likeness (QED) is 0.323. The van der Waals surface area contributed by atoms with Crippen LogP contribution in [0, 0.1) is 17.8 Å². The van der Waals surface area contributed by atoms with Crippen molar-refractivity contribution in [2.24, 2.45) is 24.8 Å². The van der Waals surface area contributed by atoms with Gasteiger partial charge in [-0.3, -0.25) is 9.48 Å². The van der Waals surface area contributed by atoms with Crippen molar-refractivity contribution in [2.75, 3.05) is 5.75 Å². The molecule has 0 spiro atoms. The van der Waals surface area contributed by atoms with Gasteiger partial charge in [0.25, 0.3) is 0 Å². The number of fused-ring (bicyclic) bond motifs is 1. The number of nitrogens with zero attached hydrogens (tertiary/aromatic N) is 2. The molecule has 0 radical (unpaired) electrons. The fraction of sp³-hybridized carbons (Fsp3) is 0.654. The lowest BCUT2D eigenvalue weighted by Gasteiger charge is -2.23. The monoisotopic (exact) mass is 572 g/mol. The van der Waals surface area contributed by atoms with Crippen molar-refractivity contribution in [2.45, 2.75) is 81.7 Å². The van der Waals surface area contributed by atoms with Gasteiger partial charge in [-0.1, -0.05) is 25.1 Å². The van der Waals surface area contributed by atoms with Gasteiger partial charge in [-0.15, -0.1) is 11.3 Å². The van der Waals surface area contributed by atoms with Crippen molar-refractivity contribution in [1.29, 1.82) is 0 Å². The van der Waals surface area contributed by atoms with Crippen molar-refractivity contribution in [1.82, 2.24) is 9.78 Å². The Bertz CT molecular complexity index is 1320. The molecule has 5 rings (SSSR count). The molecule has 2 aromatic rings. The second-order valence-corrected chi connectivity index (χ2v) is 14.7. The average molecular weight is 573 g/mol. The number of halogens is 3. The number of rotatable bonds is 11. The minimum absolute atomic E-state index is 0.0798. The molecule has 2 aromatic heterocycles. The van der Waals surface area contributed by atoms with Crippen LogP contribution >= 0.6 is 23.6 Å². The fourth-order valence-corrected chi connectivity index (χ4v) is 9.34. The molecule has 0 aromatic carbocycles. The molecule has 0 aliphatic heterocycles. The van der Waals surface area contributed by atoms with Crippen molar-refractivity contribution in [3.63, 3.8) is 0 Å². The third-order valence-corrected chi connectivity index (χ3v) is 11.3. The van der Waals surface area contributed by atoms with Gasteiger partial charge in [-0.05, 0) is 73.3 Å². The SMILES string of the molecule is Cn1nc(C(F)(F)F)cc1CC(=S)CC1CCc2sc(CC(=O)C3CC3)c(S(=O)(=O)CCC3CC3)c2C1. The Hall–Kier alpha value is -1.59. The summed E-state index contributed by atoms with van der Waals surface area (Å²) in [5.41, 5.74) is 0.342. The number of alkyl halides is 3. The van der Waals surface area contributed by atoms with E-state index in [2.05, 4.69) is 5.10 Å². The number of hydrogen-bond donors (Lipinski definition) is 0. The van der Waals surface area contributed by atoms with Crippen molar-refractivity contribution in [3.8, 4) is 0 Å². The zero-order valence-corrected chi connectivity index (χ0v) is 23.2. The number of hydrogen-bond acceptors (Lipinski definition) is 6. The van der Waals surface area contributed by atoms with Crippen LogP contribution in [0.1, 0.15) is 71.7 Å². The van der Waals surface area contributed by atoms with Crippen LogP contribution in [0.15, 0.2) is 11.0 Å². The van der Waals surface area contributed by atoms with E-state index in [-0.39, 0.29) is 36.2 Å². The van der Waals surface area contributed by atoms with Crippen LogP contribution in [0.4, 0.5) is 13.2 Å². The topological polar surface area (TPSA) is 69.0 Å². The molecule has 0 saturated heterocycles. The Morgan fingerprint density at radius 2 is 1.89 bits per heavy atom. The lowest BCUT2D eigenvalue weighted by atomic mass is 9.84. The number of aromatic nitrogens is 2. The molecule has 5 nitrogen and oxygen atoms in total. The third-order valence-electron chi connectivity index (χ3n) is 7.71. The van der Waals surface area contributed by atoms with Gasteiger partial charge in [0.1, 0.15) is 5.78 Å². The molecular formula is C26H31F3N2O3S3. The molecule has 2 heterocycles. The summed E-state index contributed by atoms with van der Waals surface area (Å²) in [5, 5.41) is 3.57. The molecule has 1 atom stereocenters. The summed E-state index contributed by atoms with van der Waals surface area (Å²) in [7, 11) is -2.02. The molecule has 37 heavy (non-hydrogen) atoms. The van der Waals surface area contributed by atoms with E-state index in [0.29, 0.717) is 45.5 Å². The number of thiocarbonyl (C=S) groups is 1. The van der Waals surface area contributed by atoms with Crippen molar-refractivity contribution in [3.05, 3.63) is 32.8 Å². The number of carbonyl (C=O) groups excluding carboxylic acids is 1. The highest BCUT2D eigenvalue weighted by Gasteiger charge is 2.37. The zero-order chi connectivity index (χ0) is 26.5. The zero-order valence-electron chi connectivity index (χ0n) is 20.8. The van der Waals surface area contributed by atoms with Gasteiger partial charge in [-0.2, -0.15) is 18.3 Å². The van der Waals surface area contributed by atoms with Gasteiger partial charge < -0.3 is 0 Å². The smallest absolute Gasteiger partial charge is 0.299 e. The van der Waals surface area contributed by atoms with Gasteiger partial charge in [-0.25, -0.2) is 8.42 Å². The van der Waals surface area contributed by atoms with E-state index in [1.807, 2.05) is 0 Å². The van der Waals surface area contributed by atoms with Crippen LogP contribution in [-0.4, -0.2) is 34.6 Å². The minimum atomic E-state index is -4.50. The Morgan fingerprint density at radius 1 is 1.16 bits per heavy atom. The highest BCUT2D eigenvalue weighted by molar-refractivity contribution is 7.91. The number of sulfone groups is 1. The van der Waals surface area contributed by atoms with Crippen LogP contribution in [0.25, 0.3) is 0 Å². The lowest BCUT2D eigenvalue weighted by Crippen LogP contribution is -2.20. The first-order chi connectivity index (χ1) is 17.4. The average Bonchev–Trinajstić information content (AvgIpc) is 3.72. The van der Waals surface area contributed by atoms with Crippen molar-refractivity contribution < 1.29 is 26.4 Å². The Labute approximate surface area is 224 Å². The number of carbonyl (C=O) groups is 1. The van der Waals surface area contributed by atoms with E-state index >= 15 is 0 Å². The number of ketones is 1. The summed E-state index contributed by atoms with van der Waals surface area (Å²) in [6.07, 6.45) is 3.23. The molecule has 3 aliphatic rings. The molecule has 0 amide bonds. The van der Waals surface area contributed by atoms with Crippen LogP contribution in [0.3, 0.4) is 0 Å². The minimum Gasteiger partial charge on any atom is -0.299 e. The lowest BCUT2D eigenvalue weighted by molar-refractivity contribution is -0.141. The second-order valence-electron chi connectivity index (χ2n) is 10.9. The highest BCUT2D eigenvalue weighted by atomic mass is 32.2. The highest BCUT2D eigenvalue weighted by Crippen LogP contribution is 2.43. The van der Waals surface area contributed by atoms with E-state index in [1.165, 1.54) is 23.1 Å². The Kier molecular flexibility index (Phi) is 7.43. The van der Waals surface area contributed by atoms with Crippen LogP contribution in [0.5, 0.6) is 0 Å². The Morgan fingerprint density at radius 3 is 2.51 bits per heavy atom. The molecule has 2 saturated carbocycles. The van der Waals surface area contributed by atoms with Crippen LogP contribution < -0.4 is 0 Å². The van der Waals surface area contributed by atoms with Gasteiger partial charge in [0, 0.05) is 41.3 Å². The summed E-state index contributed by atoms with van der Waals surface area (Å²) < 4.78 is 67.4. The van der Waals surface area contributed by atoms with Crippen molar-refractivity contribution >= 4 is 44.0 Å². The maximum absolute atomic E-state index is 13.5. The maximum atomic E-state index is 13.5. The van der Waals surface area contributed by atoms with Gasteiger partial charge >= 0.3 is 6.18 Å². The summed E-state index contributed by atoms with van der Waals surface area (Å²) in [6.45, 7) is 0. The second kappa shape index (κ2) is 10.2. The number of Topliss-reactive ketones (excluding diaryl/α,β-unsaturated/α-hetero) is 1. The van der Waals surface area contributed by atoms with E-state index in [9.17, 15) is 26.4 Å². The normalized spacial score (nSPS) is 20.2. The molecule has 0 bridgehead atoms. The summed E-state index contributed by atoms with van der Waals surface area (Å²) in [5.74, 6) is 0.960. The predicted molar refractivity (Wildman–Crippen MR) is 140 cm³/mol. The molecule has 2 fully saturated rings. The van der Waals surface area contributed by atoms with E-state index in [1.54, 1.807) is 0 Å². The van der Waals surface area contributed by atoms with E-state index in [0.717, 1.165) is 55.0 Å². The molecule has 3 aliphatic carbocycles. The van der Waals surface area contributed by atoms with E-state index < -0.39 is 21.7 Å². The number of aryl methyl sites for hydroxylation is 2. The largest absolute Gasteiger partial charge is 0.435 e. The summed E-state index contributed by atoms with van der Waals surface area (Å²) in [4.78, 5) is 15.4. The molecule has 1 unspecified atom stereocenters. The van der Waals surface area contributed by atoms with Crippen LogP contribution in [-0.2, 0) is 53.5 Å². The summed E-state index contributed by atoms with van der Waals surface area (Å²) >= 11 is 7.07. The van der Waals surface area contributed by atoms with Gasteiger partial charge in [0.05, 0.1) is 10.6 Å². The summed E-state index contributed by atoms with van der Waals surface area (Å²) in [6, 6.07) is 1.04. The first-order valence-electron chi connectivity index (χ1n) is 12.9. The van der Waals surface area contributed by atoms with Gasteiger partial charge in [0.2, 0.25) is 0 Å². The number of thiophene rings is 1. The fourth-order valence-electron chi connectivity index (χ4n) is 5.28. The predicted octanol–water partition coefficient (Wildman–Crippen LogP) is 5.70. The van der Waals surface area contributed by atoms with E-state index in [4.69, 9.17) is 12.2 Å². The molecule has 11 heteroatoms. The Balaban J connectivity index is 1.32. The first-order valence-corrected chi connectivity index (χ1v) is 15.8. The first kappa shape index (κ1) is 27.0. The molecular weight excluding hydrogens is 541 g/mol. The molecule has 202 valence electrons. The maximum Gasteiger partial charge on any atom is 0.435 e. The van der Waals surface area contributed by atoms with Gasteiger partial charge in [0.15, 0.2) is 15.5 Å². The van der Waals surface area contributed by atoms with Crippen LogP contribution in [0.2, 0.25) is 0 Å². The molecule has 0 N–H and O–H groups in total. The third kappa shape index (κ3) is 6.36.